The lowest BCUT2D eigenvalue weighted by atomic mass is 10.1. The topological polar surface area (TPSA) is 37.4 Å². The first kappa shape index (κ1) is 14.7. The number of nitrogens with zero attached hydrogens (tertiary/aromatic N) is 1. The summed E-state index contributed by atoms with van der Waals surface area (Å²) in [5.74, 6) is -0.563. The van der Waals surface area contributed by atoms with Crippen LogP contribution in [0.15, 0.2) is 66.7 Å². The van der Waals surface area contributed by atoms with E-state index in [1.54, 1.807) is 24.3 Å². The first-order chi connectivity index (χ1) is 10.1. The van der Waals surface area contributed by atoms with Crippen molar-refractivity contribution < 1.29 is 9.59 Å². The molecule has 3 heteroatoms. The van der Waals surface area contributed by atoms with Crippen LogP contribution in [0.3, 0.4) is 0 Å². The molecule has 1 heterocycles. The lowest BCUT2D eigenvalue weighted by Gasteiger charge is -2.12. The number of hydrogen-bond acceptors (Lipinski definition) is 2. The van der Waals surface area contributed by atoms with Crippen LogP contribution in [0.1, 0.15) is 11.1 Å². The van der Waals surface area contributed by atoms with Crippen molar-refractivity contribution >= 4 is 17.5 Å². The molecule has 0 unspecified atom stereocenters. The van der Waals surface area contributed by atoms with Gasteiger partial charge in [-0.05, 0) is 37.1 Å². The molecule has 0 aromatic heterocycles. The van der Waals surface area contributed by atoms with Crippen molar-refractivity contribution in [2.24, 2.45) is 0 Å². The molecule has 0 aliphatic carbocycles. The lowest BCUT2D eigenvalue weighted by Crippen LogP contribution is -2.29. The zero-order valence-electron chi connectivity index (χ0n) is 12.1. The number of rotatable bonds is 1. The van der Waals surface area contributed by atoms with Gasteiger partial charge in [-0.2, -0.15) is 0 Å². The molecule has 2 amide bonds. The van der Waals surface area contributed by atoms with Crippen molar-refractivity contribution in [3.05, 3.63) is 77.9 Å². The van der Waals surface area contributed by atoms with E-state index in [0.29, 0.717) is 5.69 Å². The first-order valence-electron chi connectivity index (χ1n) is 6.73. The number of para-hydroxylation sites is 1. The van der Waals surface area contributed by atoms with Crippen LogP contribution in [0.25, 0.3) is 0 Å². The minimum Gasteiger partial charge on any atom is -0.269 e. The van der Waals surface area contributed by atoms with Crippen LogP contribution >= 0.6 is 0 Å². The number of imide groups is 1. The maximum absolute atomic E-state index is 11.2. The average Bonchev–Trinajstić information content (AvgIpc) is 2.83. The van der Waals surface area contributed by atoms with Gasteiger partial charge in [0.15, 0.2) is 0 Å². The number of carbonyl (C=O) groups excluding carboxylic acids is 2. The molecular formula is C18H17NO2. The Bertz CT molecular complexity index is 636. The number of anilines is 1. The number of benzene rings is 2. The van der Waals surface area contributed by atoms with Crippen LogP contribution in [-0.4, -0.2) is 11.8 Å². The Balaban J connectivity index is 0.000000173. The van der Waals surface area contributed by atoms with Gasteiger partial charge in [0, 0.05) is 12.2 Å². The van der Waals surface area contributed by atoms with E-state index in [2.05, 4.69) is 38.1 Å². The van der Waals surface area contributed by atoms with Crippen molar-refractivity contribution in [2.75, 3.05) is 4.90 Å². The third-order valence-electron chi connectivity index (χ3n) is 3.25. The summed E-state index contributed by atoms with van der Waals surface area (Å²) in [6.07, 6.45) is 2.55. The second-order valence-corrected chi connectivity index (χ2v) is 4.77. The predicted octanol–water partition coefficient (Wildman–Crippen LogP) is 3.42. The Morgan fingerprint density at radius 1 is 0.667 bits per heavy atom. The molecule has 3 rings (SSSR count). The molecule has 21 heavy (non-hydrogen) atoms. The second kappa shape index (κ2) is 6.66. The molecule has 106 valence electrons. The molecule has 0 saturated carbocycles. The summed E-state index contributed by atoms with van der Waals surface area (Å²) in [5, 5.41) is 0. The zero-order valence-corrected chi connectivity index (χ0v) is 12.1. The molecule has 1 aliphatic heterocycles. The van der Waals surface area contributed by atoms with E-state index in [-0.39, 0.29) is 11.8 Å². The molecule has 0 atom stereocenters. The normalized spacial score (nSPS) is 13.1. The zero-order chi connectivity index (χ0) is 15.2. The molecule has 3 nitrogen and oxygen atoms in total. The highest BCUT2D eigenvalue weighted by Crippen LogP contribution is 2.17. The fraction of sp³-hybridized carbons (Fsp3) is 0.111. The van der Waals surface area contributed by atoms with Crippen LogP contribution < -0.4 is 4.90 Å². The largest absolute Gasteiger partial charge is 0.269 e. The van der Waals surface area contributed by atoms with Crippen LogP contribution in [0.5, 0.6) is 0 Å². The summed E-state index contributed by atoms with van der Waals surface area (Å²) in [6.45, 7) is 4.24. The maximum Gasteiger partial charge on any atom is 0.258 e. The van der Waals surface area contributed by atoms with Crippen LogP contribution in [0, 0.1) is 13.8 Å². The third-order valence-corrected chi connectivity index (χ3v) is 3.25. The minimum atomic E-state index is -0.281. The molecule has 2 aromatic carbocycles. The number of hydrogen-bond donors (Lipinski definition) is 0. The Hall–Kier alpha value is -2.68. The summed E-state index contributed by atoms with van der Waals surface area (Å²) in [6, 6.07) is 17.2. The maximum atomic E-state index is 11.2. The standard InChI is InChI=1S/C10H7NO2.C8H10/c12-9-6-7-10(13)11(9)8-4-2-1-3-5-8;1-7-5-3-4-6-8(7)2/h1-7H;3-6H,1-2H3. The molecule has 0 bridgehead atoms. The van der Waals surface area contributed by atoms with Gasteiger partial charge in [-0.15, -0.1) is 0 Å². The van der Waals surface area contributed by atoms with E-state index in [1.807, 2.05) is 6.07 Å². The number of amides is 2. The van der Waals surface area contributed by atoms with E-state index in [9.17, 15) is 9.59 Å². The first-order valence-corrected chi connectivity index (χ1v) is 6.73. The summed E-state index contributed by atoms with van der Waals surface area (Å²) in [7, 11) is 0. The minimum absolute atomic E-state index is 0.281. The fourth-order valence-electron chi connectivity index (χ4n) is 1.89. The monoisotopic (exact) mass is 279 g/mol. The quantitative estimate of drug-likeness (QED) is 0.750. The Morgan fingerprint density at radius 3 is 1.52 bits per heavy atom. The molecule has 2 aromatic rings. The third kappa shape index (κ3) is 3.66. The van der Waals surface area contributed by atoms with Crippen molar-refractivity contribution in [3.63, 3.8) is 0 Å². The van der Waals surface area contributed by atoms with Gasteiger partial charge in [0.05, 0.1) is 5.69 Å². The predicted molar refractivity (Wildman–Crippen MR) is 84.0 cm³/mol. The highest BCUT2D eigenvalue weighted by atomic mass is 16.2. The number of aryl methyl sites for hydroxylation is 2. The van der Waals surface area contributed by atoms with Gasteiger partial charge in [-0.1, -0.05) is 42.5 Å². The highest BCUT2D eigenvalue weighted by molar-refractivity contribution is 6.28. The van der Waals surface area contributed by atoms with Crippen molar-refractivity contribution in [3.8, 4) is 0 Å². The van der Waals surface area contributed by atoms with Crippen molar-refractivity contribution in [2.45, 2.75) is 13.8 Å². The molecular weight excluding hydrogens is 262 g/mol. The van der Waals surface area contributed by atoms with Gasteiger partial charge >= 0.3 is 0 Å². The van der Waals surface area contributed by atoms with Crippen molar-refractivity contribution in [1.82, 2.24) is 0 Å². The van der Waals surface area contributed by atoms with Gasteiger partial charge in [0.1, 0.15) is 0 Å². The lowest BCUT2D eigenvalue weighted by molar-refractivity contribution is -0.119. The van der Waals surface area contributed by atoms with Gasteiger partial charge in [-0.25, -0.2) is 4.90 Å². The Labute approximate surface area is 124 Å². The average molecular weight is 279 g/mol. The van der Waals surface area contributed by atoms with E-state index in [4.69, 9.17) is 0 Å². The smallest absolute Gasteiger partial charge is 0.258 e. The molecule has 0 N–H and O–H groups in total. The summed E-state index contributed by atoms with van der Waals surface area (Å²) in [4.78, 5) is 23.5. The van der Waals surface area contributed by atoms with Gasteiger partial charge in [0.25, 0.3) is 11.8 Å². The van der Waals surface area contributed by atoms with E-state index >= 15 is 0 Å². The number of carbonyl (C=O) groups is 2. The second-order valence-electron chi connectivity index (χ2n) is 4.77. The van der Waals surface area contributed by atoms with E-state index in [0.717, 1.165) is 4.90 Å². The van der Waals surface area contributed by atoms with Gasteiger partial charge < -0.3 is 0 Å². The van der Waals surface area contributed by atoms with E-state index in [1.165, 1.54) is 23.3 Å². The van der Waals surface area contributed by atoms with Crippen molar-refractivity contribution in [1.29, 1.82) is 0 Å². The van der Waals surface area contributed by atoms with Crippen LogP contribution in [0.4, 0.5) is 5.69 Å². The molecule has 0 fully saturated rings. The van der Waals surface area contributed by atoms with Crippen LogP contribution in [0.2, 0.25) is 0 Å². The molecule has 1 aliphatic rings. The van der Waals surface area contributed by atoms with E-state index < -0.39 is 0 Å². The summed E-state index contributed by atoms with van der Waals surface area (Å²) < 4.78 is 0. The molecule has 0 saturated heterocycles. The summed E-state index contributed by atoms with van der Waals surface area (Å²) in [5.41, 5.74) is 3.35. The fourth-order valence-corrected chi connectivity index (χ4v) is 1.89. The Morgan fingerprint density at radius 2 is 1.10 bits per heavy atom. The molecule has 0 spiro atoms. The SMILES string of the molecule is Cc1ccccc1C.O=C1C=CC(=O)N1c1ccccc1. The highest BCUT2D eigenvalue weighted by Gasteiger charge is 2.24. The Kier molecular flexibility index (Phi) is 4.67. The van der Waals surface area contributed by atoms with Gasteiger partial charge in [-0.3, -0.25) is 9.59 Å². The van der Waals surface area contributed by atoms with Crippen LogP contribution in [-0.2, 0) is 9.59 Å². The van der Waals surface area contributed by atoms with Gasteiger partial charge in [0.2, 0.25) is 0 Å². The summed E-state index contributed by atoms with van der Waals surface area (Å²) >= 11 is 0. The molecule has 0 radical (unpaired) electrons.